The van der Waals surface area contributed by atoms with Gasteiger partial charge in [0, 0.05) is 30.9 Å². The van der Waals surface area contributed by atoms with Gasteiger partial charge in [0.05, 0.1) is 14.2 Å². The highest BCUT2D eigenvalue weighted by Crippen LogP contribution is 2.29. The van der Waals surface area contributed by atoms with Gasteiger partial charge in [-0.1, -0.05) is 18.2 Å². The maximum Gasteiger partial charge on any atom is 0.212 e. The molecule has 0 saturated carbocycles. The van der Waals surface area contributed by atoms with Crippen LogP contribution in [0.25, 0.3) is 0 Å². The zero-order valence-corrected chi connectivity index (χ0v) is 11.6. The monoisotopic (exact) mass is 274 g/mol. The Labute approximate surface area is 118 Å². The summed E-state index contributed by atoms with van der Waals surface area (Å²) in [4.78, 5) is 4.14. The molecule has 1 heterocycles. The van der Waals surface area contributed by atoms with E-state index >= 15 is 0 Å². The van der Waals surface area contributed by atoms with Gasteiger partial charge >= 0.3 is 0 Å². The molecule has 0 unspecified atom stereocenters. The third kappa shape index (κ3) is 3.39. The molecule has 0 aliphatic carbocycles. The van der Waals surface area contributed by atoms with Crippen molar-refractivity contribution in [2.45, 2.75) is 13.1 Å². The number of nitrogens with one attached hydrogen (secondary N) is 1. The SMILES string of the molecule is COc1ccc(CNCc2cccc(OC)c2O)cn1. The van der Waals surface area contributed by atoms with Gasteiger partial charge in [-0.25, -0.2) is 4.98 Å². The first-order chi connectivity index (χ1) is 9.74. The molecule has 5 heteroatoms. The van der Waals surface area contributed by atoms with E-state index in [0.29, 0.717) is 24.7 Å². The van der Waals surface area contributed by atoms with Crippen LogP contribution >= 0.6 is 0 Å². The standard InChI is InChI=1S/C15H18N2O3/c1-19-13-5-3-4-12(15(13)18)10-16-8-11-6-7-14(20-2)17-9-11/h3-7,9,16,18H,8,10H2,1-2H3. The van der Waals surface area contributed by atoms with Crippen molar-refractivity contribution in [2.24, 2.45) is 0 Å². The summed E-state index contributed by atoms with van der Waals surface area (Å²) >= 11 is 0. The highest BCUT2D eigenvalue weighted by Gasteiger charge is 2.06. The molecule has 0 fully saturated rings. The number of rotatable bonds is 6. The molecule has 1 aromatic heterocycles. The zero-order valence-electron chi connectivity index (χ0n) is 11.6. The van der Waals surface area contributed by atoms with Crippen molar-refractivity contribution in [2.75, 3.05) is 14.2 Å². The van der Waals surface area contributed by atoms with E-state index in [-0.39, 0.29) is 5.75 Å². The summed E-state index contributed by atoms with van der Waals surface area (Å²) in [6, 6.07) is 9.21. The van der Waals surface area contributed by atoms with E-state index in [1.54, 1.807) is 19.4 Å². The Balaban J connectivity index is 1.92. The van der Waals surface area contributed by atoms with Crippen LogP contribution in [-0.4, -0.2) is 24.3 Å². The summed E-state index contributed by atoms with van der Waals surface area (Å²) < 4.78 is 10.1. The summed E-state index contributed by atoms with van der Waals surface area (Å²) in [6.45, 7) is 1.21. The number of methoxy groups -OCH3 is 2. The second-order valence-corrected chi connectivity index (χ2v) is 4.28. The minimum Gasteiger partial charge on any atom is -0.504 e. The third-order valence-electron chi connectivity index (χ3n) is 2.95. The molecular weight excluding hydrogens is 256 g/mol. The Morgan fingerprint density at radius 2 is 1.95 bits per heavy atom. The zero-order chi connectivity index (χ0) is 14.4. The van der Waals surface area contributed by atoms with Crippen LogP contribution in [0.5, 0.6) is 17.4 Å². The van der Waals surface area contributed by atoms with Crippen LogP contribution in [0.4, 0.5) is 0 Å². The molecular formula is C15H18N2O3. The number of nitrogens with zero attached hydrogens (tertiary/aromatic N) is 1. The molecule has 1 aromatic carbocycles. The number of para-hydroxylation sites is 1. The molecule has 2 N–H and O–H groups in total. The van der Waals surface area contributed by atoms with Gasteiger partial charge < -0.3 is 19.9 Å². The quantitative estimate of drug-likeness (QED) is 0.844. The highest BCUT2D eigenvalue weighted by atomic mass is 16.5. The Hall–Kier alpha value is -2.27. The molecule has 0 spiro atoms. The van der Waals surface area contributed by atoms with Gasteiger partial charge in [-0.15, -0.1) is 0 Å². The number of aromatic nitrogens is 1. The third-order valence-corrected chi connectivity index (χ3v) is 2.95. The van der Waals surface area contributed by atoms with E-state index in [0.717, 1.165) is 11.1 Å². The minimum atomic E-state index is 0.176. The molecule has 0 bridgehead atoms. The van der Waals surface area contributed by atoms with E-state index in [4.69, 9.17) is 9.47 Å². The van der Waals surface area contributed by atoms with Gasteiger partial charge in [-0.3, -0.25) is 0 Å². The highest BCUT2D eigenvalue weighted by molar-refractivity contribution is 5.45. The first kappa shape index (κ1) is 14.1. The normalized spacial score (nSPS) is 10.3. The second kappa shape index (κ2) is 6.77. The Kier molecular flexibility index (Phi) is 4.79. The van der Waals surface area contributed by atoms with Crippen molar-refractivity contribution in [1.29, 1.82) is 0 Å². The number of aromatic hydroxyl groups is 1. The number of phenols is 1. The van der Waals surface area contributed by atoms with Crippen molar-refractivity contribution in [3.63, 3.8) is 0 Å². The Morgan fingerprint density at radius 3 is 2.60 bits per heavy atom. The largest absolute Gasteiger partial charge is 0.504 e. The Morgan fingerprint density at radius 1 is 1.10 bits per heavy atom. The van der Waals surface area contributed by atoms with Crippen molar-refractivity contribution in [3.05, 3.63) is 47.7 Å². The van der Waals surface area contributed by atoms with Gasteiger partial charge in [-0.2, -0.15) is 0 Å². The molecule has 5 nitrogen and oxygen atoms in total. The van der Waals surface area contributed by atoms with E-state index in [1.807, 2.05) is 24.3 Å². The average molecular weight is 274 g/mol. The molecule has 0 atom stereocenters. The maximum atomic E-state index is 9.96. The average Bonchev–Trinajstić information content (AvgIpc) is 2.49. The topological polar surface area (TPSA) is 63.6 Å². The minimum absolute atomic E-state index is 0.176. The van der Waals surface area contributed by atoms with Crippen LogP contribution in [0.3, 0.4) is 0 Å². The molecule has 2 aromatic rings. The van der Waals surface area contributed by atoms with Gasteiger partial charge in [0.15, 0.2) is 11.5 Å². The fourth-order valence-corrected chi connectivity index (χ4v) is 1.85. The maximum absolute atomic E-state index is 9.96. The lowest BCUT2D eigenvalue weighted by Gasteiger charge is -2.10. The lowest BCUT2D eigenvalue weighted by molar-refractivity contribution is 0.369. The first-order valence-corrected chi connectivity index (χ1v) is 6.29. The molecule has 106 valence electrons. The predicted molar refractivity (Wildman–Crippen MR) is 76.0 cm³/mol. The number of benzene rings is 1. The van der Waals surface area contributed by atoms with Crippen LogP contribution < -0.4 is 14.8 Å². The summed E-state index contributed by atoms with van der Waals surface area (Å²) in [6.07, 6.45) is 1.76. The number of hydrogen-bond donors (Lipinski definition) is 2. The molecule has 0 aliphatic rings. The van der Waals surface area contributed by atoms with Crippen molar-refractivity contribution in [1.82, 2.24) is 10.3 Å². The van der Waals surface area contributed by atoms with E-state index in [9.17, 15) is 5.11 Å². The van der Waals surface area contributed by atoms with Crippen LogP contribution in [0.2, 0.25) is 0 Å². The molecule has 0 radical (unpaired) electrons. The smallest absolute Gasteiger partial charge is 0.212 e. The fraction of sp³-hybridized carbons (Fsp3) is 0.267. The first-order valence-electron chi connectivity index (χ1n) is 6.29. The number of ether oxygens (including phenoxy) is 2. The molecule has 0 saturated heterocycles. The van der Waals surface area contributed by atoms with E-state index < -0.39 is 0 Å². The van der Waals surface area contributed by atoms with Crippen LogP contribution in [0.15, 0.2) is 36.5 Å². The van der Waals surface area contributed by atoms with Gasteiger partial charge in [0.25, 0.3) is 0 Å². The van der Waals surface area contributed by atoms with E-state index in [2.05, 4.69) is 10.3 Å². The lowest BCUT2D eigenvalue weighted by atomic mass is 10.2. The number of hydrogen-bond acceptors (Lipinski definition) is 5. The van der Waals surface area contributed by atoms with Gasteiger partial charge in [0.1, 0.15) is 0 Å². The van der Waals surface area contributed by atoms with Crippen LogP contribution in [-0.2, 0) is 13.1 Å². The van der Waals surface area contributed by atoms with E-state index in [1.165, 1.54) is 7.11 Å². The van der Waals surface area contributed by atoms with Crippen molar-refractivity contribution >= 4 is 0 Å². The molecule has 20 heavy (non-hydrogen) atoms. The van der Waals surface area contributed by atoms with Gasteiger partial charge in [0.2, 0.25) is 5.88 Å². The summed E-state index contributed by atoms with van der Waals surface area (Å²) in [5.41, 5.74) is 1.85. The molecule has 2 rings (SSSR count). The van der Waals surface area contributed by atoms with Crippen molar-refractivity contribution < 1.29 is 14.6 Å². The molecule has 0 amide bonds. The molecule has 0 aliphatic heterocycles. The second-order valence-electron chi connectivity index (χ2n) is 4.28. The number of pyridine rings is 1. The van der Waals surface area contributed by atoms with Crippen LogP contribution in [0.1, 0.15) is 11.1 Å². The fourth-order valence-electron chi connectivity index (χ4n) is 1.85. The summed E-state index contributed by atoms with van der Waals surface area (Å²) in [7, 11) is 3.13. The predicted octanol–water partition coefficient (Wildman–Crippen LogP) is 2.09. The number of phenolic OH excluding ortho intramolecular Hbond substituents is 1. The lowest BCUT2D eigenvalue weighted by Crippen LogP contribution is -2.13. The van der Waals surface area contributed by atoms with Crippen molar-refractivity contribution in [3.8, 4) is 17.4 Å². The summed E-state index contributed by atoms with van der Waals surface area (Å²) in [5.74, 6) is 1.25. The Bertz CT molecular complexity index is 556. The van der Waals surface area contributed by atoms with Crippen LogP contribution in [0, 0.1) is 0 Å². The summed E-state index contributed by atoms with van der Waals surface area (Å²) in [5, 5.41) is 13.2. The van der Waals surface area contributed by atoms with Gasteiger partial charge in [-0.05, 0) is 11.6 Å².